The highest BCUT2D eigenvalue weighted by molar-refractivity contribution is 8.13. The van der Waals surface area contributed by atoms with Crippen molar-refractivity contribution >= 4 is 35.1 Å². The van der Waals surface area contributed by atoms with E-state index in [4.69, 9.17) is 9.47 Å². The fourth-order valence-corrected chi connectivity index (χ4v) is 1.74. The Labute approximate surface area is 151 Å². The molecular weight excluding hydrogens is 354 g/mol. The van der Waals surface area contributed by atoms with E-state index in [9.17, 15) is 19.2 Å². The molecule has 1 N–H and O–H groups in total. The monoisotopic (exact) mass is 379 g/mol. The molecule has 10 heteroatoms. The van der Waals surface area contributed by atoms with Crippen molar-refractivity contribution in [1.29, 1.82) is 0 Å². The first-order chi connectivity index (χ1) is 11.6. The molecular formula is C15H25NO8S. The summed E-state index contributed by atoms with van der Waals surface area (Å²) in [6.45, 7) is 7.52. The van der Waals surface area contributed by atoms with Gasteiger partial charge in [-0.25, -0.2) is 9.59 Å². The first-order valence-electron chi connectivity index (χ1n) is 7.70. The zero-order valence-electron chi connectivity index (χ0n) is 15.0. The van der Waals surface area contributed by atoms with Gasteiger partial charge in [0.05, 0.1) is 11.8 Å². The Hall–Kier alpha value is -1.97. The van der Waals surface area contributed by atoms with Crippen molar-refractivity contribution < 1.29 is 38.1 Å². The number of esters is 2. The zero-order valence-corrected chi connectivity index (χ0v) is 15.8. The van der Waals surface area contributed by atoms with E-state index in [-0.39, 0.29) is 23.6 Å². The van der Waals surface area contributed by atoms with Crippen LogP contribution in [0.1, 0.15) is 34.6 Å². The Morgan fingerprint density at radius 1 is 0.800 bits per heavy atom. The highest BCUT2D eigenvalue weighted by Crippen LogP contribution is 2.13. The van der Waals surface area contributed by atoms with Crippen LogP contribution in [-0.2, 0) is 28.5 Å². The van der Waals surface area contributed by atoms with E-state index in [0.29, 0.717) is 0 Å². The second kappa shape index (κ2) is 12.4. The SMILES string of the molecule is CC(CNC(=O)OCOC(=O)C(C)C)SC(=O)OCOC(=O)C(C)C. The molecule has 0 aromatic rings. The third-order valence-electron chi connectivity index (χ3n) is 2.54. The maximum atomic E-state index is 11.5. The molecule has 0 aliphatic carbocycles. The van der Waals surface area contributed by atoms with Crippen LogP contribution in [-0.4, -0.2) is 48.7 Å². The van der Waals surface area contributed by atoms with Gasteiger partial charge in [-0.15, -0.1) is 0 Å². The number of hydrogen-bond donors (Lipinski definition) is 1. The zero-order chi connectivity index (χ0) is 19.4. The Balaban J connectivity index is 3.82. The van der Waals surface area contributed by atoms with Crippen LogP contribution in [0.4, 0.5) is 9.59 Å². The van der Waals surface area contributed by atoms with Crippen molar-refractivity contribution in [3.63, 3.8) is 0 Å². The van der Waals surface area contributed by atoms with Crippen molar-refractivity contribution in [1.82, 2.24) is 5.32 Å². The third kappa shape index (κ3) is 12.1. The number of hydrogen-bond acceptors (Lipinski definition) is 9. The molecule has 0 radical (unpaired) electrons. The first kappa shape index (κ1) is 23.0. The highest BCUT2D eigenvalue weighted by Gasteiger charge is 2.15. The average Bonchev–Trinajstić information content (AvgIpc) is 2.52. The number of alkyl carbamates (subject to hydrolysis) is 1. The maximum Gasteiger partial charge on any atom is 0.410 e. The Bertz CT molecular complexity index is 466. The van der Waals surface area contributed by atoms with Gasteiger partial charge in [0.15, 0.2) is 0 Å². The maximum absolute atomic E-state index is 11.5. The number of thioether (sulfide) groups is 1. The number of carbonyl (C=O) groups excluding carboxylic acids is 4. The minimum atomic E-state index is -0.775. The van der Waals surface area contributed by atoms with Crippen LogP contribution in [0.3, 0.4) is 0 Å². The first-order valence-corrected chi connectivity index (χ1v) is 8.58. The number of nitrogens with one attached hydrogen (secondary N) is 1. The lowest BCUT2D eigenvalue weighted by atomic mass is 10.2. The summed E-state index contributed by atoms with van der Waals surface area (Å²) in [5.74, 6) is -1.56. The van der Waals surface area contributed by atoms with E-state index in [1.165, 1.54) is 0 Å². The average molecular weight is 379 g/mol. The summed E-state index contributed by atoms with van der Waals surface area (Å²) in [6.07, 6.45) is -0.775. The van der Waals surface area contributed by atoms with E-state index < -0.39 is 36.9 Å². The van der Waals surface area contributed by atoms with Crippen LogP contribution in [0.5, 0.6) is 0 Å². The van der Waals surface area contributed by atoms with Gasteiger partial charge in [0.2, 0.25) is 13.6 Å². The number of ether oxygens (including phenoxy) is 4. The molecule has 0 saturated heterocycles. The minimum Gasteiger partial charge on any atom is -0.428 e. The van der Waals surface area contributed by atoms with E-state index in [1.54, 1.807) is 34.6 Å². The predicted molar refractivity (Wildman–Crippen MR) is 89.6 cm³/mol. The van der Waals surface area contributed by atoms with Crippen LogP contribution < -0.4 is 5.32 Å². The number of amides is 1. The van der Waals surface area contributed by atoms with Crippen molar-refractivity contribution in [3.05, 3.63) is 0 Å². The minimum absolute atomic E-state index is 0.127. The molecule has 1 unspecified atom stereocenters. The quantitative estimate of drug-likeness (QED) is 0.475. The Morgan fingerprint density at radius 2 is 1.28 bits per heavy atom. The highest BCUT2D eigenvalue weighted by atomic mass is 32.2. The smallest absolute Gasteiger partial charge is 0.410 e. The summed E-state index contributed by atoms with van der Waals surface area (Å²) in [5, 5.41) is 1.47. The molecule has 0 aliphatic rings. The molecule has 0 aromatic heterocycles. The van der Waals surface area contributed by atoms with Crippen molar-refractivity contribution in [2.24, 2.45) is 11.8 Å². The summed E-state index contributed by atoms with van der Waals surface area (Å²) in [4.78, 5) is 45.2. The lowest BCUT2D eigenvalue weighted by Crippen LogP contribution is -2.31. The van der Waals surface area contributed by atoms with E-state index in [1.807, 2.05) is 0 Å². The van der Waals surface area contributed by atoms with Gasteiger partial charge in [0, 0.05) is 11.8 Å². The van der Waals surface area contributed by atoms with Gasteiger partial charge in [-0.2, -0.15) is 0 Å². The van der Waals surface area contributed by atoms with E-state index in [2.05, 4.69) is 14.8 Å². The van der Waals surface area contributed by atoms with Crippen LogP contribution in [0.2, 0.25) is 0 Å². The molecule has 0 heterocycles. The van der Waals surface area contributed by atoms with E-state index >= 15 is 0 Å². The molecule has 1 atom stereocenters. The summed E-state index contributed by atoms with van der Waals surface area (Å²) < 4.78 is 18.8. The van der Waals surface area contributed by atoms with Crippen molar-refractivity contribution in [2.45, 2.75) is 39.9 Å². The molecule has 9 nitrogen and oxygen atoms in total. The molecule has 25 heavy (non-hydrogen) atoms. The molecule has 0 rings (SSSR count). The molecule has 0 fully saturated rings. The summed E-state index contributed by atoms with van der Waals surface area (Å²) in [7, 11) is 0. The van der Waals surface area contributed by atoms with Crippen LogP contribution >= 0.6 is 11.8 Å². The van der Waals surface area contributed by atoms with Crippen LogP contribution in [0, 0.1) is 11.8 Å². The lowest BCUT2D eigenvalue weighted by molar-refractivity contribution is -0.156. The summed E-state index contributed by atoms with van der Waals surface area (Å²) in [6, 6.07) is 0. The molecule has 1 amide bonds. The van der Waals surface area contributed by atoms with Gasteiger partial charge in [0.25, 0.3) is 0 Å². The Morgan fingerprint density at radius 3 is 1.76 bits per heavy atom. The standard InChI is InChI=1S/C15H25NO8S/c1-9(2)12(17)21-7-23-14(19)16-6-11(5)25-15(20)24-8-22-13(18)10(3)4/h9-11H,6-8H2,1-5H3,(H,16,19). The topological polar surface area (TPSA) is 117 Å². The Kier molecular flexibility index (Phi) is 11.4. The van der Waals surface area contributed by atoms with Crippen LogP contribution in [0.25, 0.3) is 0 Å². The second-order valence-electron chi connectivity index (χ2n) is 5.61. The second-order valence-corrected chi connectivity index (χ2v) is 6.98. The normalized spacial score (nSPS) is 11.6. The summed E-state index contributed by atoms with van der Waals surface area (Å²) >= 11 is 0.826. The van der Waals surface area contributed by atoms with Gasteiger partial charge in [0.1, 0.15) is 0 Å². The fraction of sp³-hybridized carbons (Fsp3) is 0.733. The molecule has 0 aliphatic heterocycles. The van der Waals surface area contributed by atoms with Gasteiger partial charge < -0.3 is 24.3 Å². The van der Waals surface area contributed by atoms with Gasteiger partial charge in [-0.05, 0) is 11.8 Å². The number of rotatable bonds is 9. The largest absolute Gasteiger partial charge is 0.428 e. The molecule has 144 valence electrons. The molecule has 0 saturated carbocycles. The fourth-order valence-electron chi connectivity index (χ4n) is 1.13. The lowest BCUT2D eigenvalue weighted by Gasteiger charge is -2.13. The third-order valence-corrected chi connectivity index (χ3v) is 3.42. The predicted octanol–water partition coefficient (Wildman–Crippen LogP) is 2.28. The van der Waals surface area contributed by atoms with Crippen molar-refractivity contribution in [3.8, 4) is 0 Å². The van der Waals surface area contributed by atoms with Crippen molar-refractivity contribution in [2.75, 3.05) is 20.1 Å². The molecule has 0 spiro atoms. The van der Waals surface area contributed by atoms with Gasteiger partial charge >= 0.3 is 23.3 Å². The van der Waals surface area contributed by atoms with Gasteiger partial charge in [-0.1, -0.05) is 34.6 Å². The summed E-state index contributed by atoms with van der Waals surface area (Å²) in [5.41, 5.74) is 0. The molecule has 0 bridgehead atoms. The van der Waals surface area contributed by atoms with Crippen LogP contribution in [0.15, 0.2) is 0 Å². The van der Waals surface area contributed by atoms with E-state index in [0.717, 1.165) is 11.8 Å². The molecule has 0 aromatic carbocycles. The van der Waals surface area contributed by atoms with Gasteiger partial charge in [-0.3, -0.25) is 9.59 Å². The number of carbonyl (C=O) groups is 4.